The molecular weight excluding hydrogens is 146 g/mol. The molecule has 1 aliphatic rings. The molecule has 1 heteroatoms. The second-order valence-electron chi connectivity index (χ2n) is 5.05. The molecule has 0 spiro atoms. The molecule has 1 fully saturated rings. The van der Waals surface area contributed by atoms with Crippen molar-refractivity contribution in [1.82, 2.24) is 0 Å². The molecule has 0 aromatic rings. The van der Waals surface area contributed by atoms with Gasteiger partial charge in [-0.2, -0.15) is 0 Å². The Morgan fingerprint density at radius 3 is 2.25 bits per heavy atom. The maximum Gasteiger partial charge on any atom is 0.0206 e. The lowest BCUT2D eigenvalue weighted by Gasteiger charge is -2.45. The third kappa shape index (κ3) is 1.66. The maximum absolute atomic E-state index is 6.44. The minimum absolute atomic E-state index is 0.109. The van der Waals surface area contributed by atoms with Crippen LogP contribution in [0.25, 0.3) is 0 Å². The SMILES string of the molecule is CC1CCC(C)C(N)(C(C)C)C1. The summed E-state index contributed by atoms with van der Waals surface area (Å²) < 4.78 is 0. The van der Waals surface area contributed by atoms with Crippen LogP contribution in [0.1, 0.15) is 47.0 Å². The molecule has 12 heavy (non-hydrogen) atoms. The van der Waals surface area contributed by atoms with Gasteiger partial charge in [-0.3, -0.25) is 0 Å². The number of nitrogens with two attached hydrogens (primary N) is 1. The van der Waals surface area contributed by atoms with Crippen LogP contribution >= 0.6 is 0 Å². The van der Waals surface area contributed by atoms with Crippen molar-refractivity contribution in [3.05, 3.63) is 0 Å². The fourth-order valence-electron chi connectivity index (χ4n) is 2.51. The van der Waals surface area contributed by atoms with Gasteiger partial charge in [-0.25, -0.2) is 0 Å². The smallest absolute Gasteiger partial charge is 0.0206 e. The maximum atomic E-state index is 6.44. The molecule has 0 aromatic carbocycles. The van der Waals surface area contributed by atoms with Crippen LogP contribution in [0.5, 0.6) is 0 Å². The third-order valence-electron chi connectivity index (χ3n) is 3.79. The second-order valence-corrected chi connectivity index (χ2v) is 5.05. The van der Waals surface area contributed by atoms with E-state index in [0.29, 0.717) is 11.8 Å². The van der Waals surface area contributed by atoms with Gasteiger partial charge in [0, 0.05) is 5.54 Å². The van der Waals surface area contributed by atoms with Crippen molar-refractivity contribution in [2.45, 2.75) is 52.5 Å². The molecule has 3 atom stereocenters. The van der Waals surface area contributed by atoms with Crippen LogP contribution < -0.4 is 5.73 Å². The van der Waals surface area contributed by atoms with E-state index in [4.69, 9.17) is 5.73 Å². The van der Waals surface area contributed by atoms with Gasteiger partial charge in [-0.15, -0.1) is 0 Å². The first-order valence-electron chi connectivity index (χ1n) is 5.25. The first-order chi connectivity index (χ1) is 5.47. The van der Waals surface area contributed by atoms with Gasteiger partial charge in [-0.05, 0) is 30.6 Å². The highest BCUT2D eigenvalue weighted by molar-refractivity contribution is 4.96. The molecule has 1 rings (SSSR count). The lowest BCUT2D eigenvalue weighted by Crippen LogP contribution is -2.53. The van der Waals surface area contributed by atoms with E-state index < -0.39 is 0 Å². The molecule has 72 valence electrons. The first-order valence-corrected chi connectivity index (χ1v) is 5.25. The second kappa shape index (κ2) is 3.37. The summed E-state index contributed by atoms with van der Waals surface area (Å²) in [6, 6.07) is 0. The van der Waals surface area contributed by atoms with Gasteiger partial charge in [0.25, 0.3) is 0 Å². The fraction of sp³-hybridized carbons (Fsp3) is 1.00. The third-order valence-corrected chi connectivity index (χ3v) is 3.79. The molecule has 0 radical (unpaired) electrons. The van der Waals surface area contributed by atoms with Crippen LogP contribution in [0.15, 0.2) is 0 Å². The van der Waals surface area contributed by atoms with Crippen molar-refractivity contribution in [3.8, 4) is 0 Å². The number of hydrogen-bond acceptors (Lipinski definition) is 1. The zero-order chi connectivity index (χ0) is 9.35. The number of hydrogen-bond donors (Lipinski definition) is 1. The summed E-state index contributed by atoms with van der Waals surface area (Å²) in [5.74, 6) is 2.15. The van der Waals surface area contributed by atoms with Gasteiger partial charge in [0.15, 0.2) is 0 Å². The quantitative estimate of drug-likeness (QED) is 0.642. The van der Waals surface area contributed by atoms with Crippen LogP contribution in [0.3, 0.4) is 0 Å². The molecule has 0 amide bonds. The number of rotatable bonds is 1. The van der Waals surface area contributed by atoms with Gasteiger partial charge in [-0.1, -0.05) is 34.1 Å². The molecule has 0 aromatic heterocycles. The normalized spacial score (nSPS) is 43.5. The fourth-order valence-corrected chi connectivity index (χ4v) is 2.51. The summed E-state index contributed by atoms with van der Waals surface area (Å²) >= 11 is 0. The first kappa shape index (κ1) is 10.0. The standard InChI is InChI=1S/C11H23N/c1-8(2)11(12)7-9(3)5-6-10(11)4/h8-10H,5-7,12H2,1-4H3. The average molecular weight is 169 g/mol. The summed E-state index contributed by atoms with van der Waals surface area (Å²) in [6.07, 6.45) is 3.90. The predicted molar refractivity (Wildman–Crippen MR) is 53.9 cm³/mol. The molecule has 1 aliphatic carbocycles. The van der Waals surface area contributed by atoms with E-state index in [2.05, 4.69) is 27.7 Å². The molecular formula is C11H23N. The van der Waals surface area contributed by atoms with E-state index in [9.17, 15) is 0 Å². The van der Waals surface area contributed by atoms with Gasteiger partial charge < -0.3 is 5.73 Å². The average Bonchev–Trinajstić information content (AvgIpc) is 1.97. The van der Waals surface area contributed by atoms with Gasteiger partial charge in [0.05, 0.1) is 0 Å². The summed E-state index contributed by atoms with van der Waals surface area (Å²) in [7, 11) is 0. The molecule has 2 N–H and O–H groups in total. The summed E-state index contributed by atoms with van der Waals surface area (Å²) in [6.45, 7) is 9.16. The Morgan fingerprint density at radius 1 is 1.25 bits per heavy atom. The van der Waals surface area contributed by atoms with Gasteiger partial charge in [0.1, 0.15) is 0 Å². The van der Waals surface area contributed by atoms with Gasteiger partial charge >= 0.3 is 0 Å². The minimum Gasteiger partial charge on any atom is -0.325 e. The lowest BCUT2D eigenvalue weighted by atomic mass is 9.65. The van der Waals surface area contributed by atoms with Crippen molar-refractivity contribution < 1.29 is 0 Å². The highest BCUT2D eigenvalue weighted by Crippen LogP contribution is 2.39. The Balaban J connectivity index is 2.71. The van der Waals surface area contributed by atoms with Crippen molar-refractivity contribution in [2.75, 3.05) is 0 Å². The molecule has 3 unspecified atom stereocenters. The Morgan fingerprint density at radius 2 is 1.83 bits per heavy atom. The zero-order valence-electron chi connectivity index (χ0n) is 8.93. The predicted octanol–water partition coefficient (Wildman–Crippen LogP) is 2.80. The summed E-state index contributed by atoms with van der Waals surface area (Å²) in [5.41, 5.74) is 6.54. The van der Waals surface area contributed by atoms with Crippen molar-refractivity contribution >= 4 is 0 Å². The zero-order valence-corrected chi connectivity index (χ0v) is 8.93. The Labute approximate surface area is 76.7 Å². The van der Waals surface area contributed by atoms with E-state index in [1.54, 1.807) is 0 Å². The Bertz CT molecular complexity index is 153. The summed E-state index contributed by atoms with van der Waals surface area (Å²) in [4.78, 5) is 0. The lowest BCUT2D eigenvalue weighted by molar-refractivity contribution is 0.114. The van der Waals surface area contributed by atoms with Gasteiger partial charge in [0.2, 0.25) is 0 Å². The van der Waals surface area contributed by atoms with Crippen LogP contribution in [0.2, 0.25) is 0 Å². The molecule has 1 nitrogen and oxygen atoms in total. The van der Waals surface area contributed by atoms with E-state index in [0.717, 1.165) is 5.92 Å². The highest BCUT2D eigenvalue weighted by atomic mass is 14.8. The Hall–Kier alpha value is -0.0400. The van der Waals surface area contributed by atoms with Crippen molar-refractivity contribution in [2.24, 2.45) is 23.5 Å². The molecule has 0 saturated heterocycles. The van der Waals surface area contributed by atoms with E-state index >= 15 is 0 Å². The monoisotopic (exact) mass is 169 g/mol. The van der Waals surface area contributed by atoms with Crippen LogP contribution in [-0.2, 0) is 0 Å². The van der Waals surface area contributed by atoms with Crippen LogP contribution in [-0.4, -0.2) is 5.54 Å². The van der Waals surface area contributed by atoms with Crippen LogP contribution in [0, 0.1) is 17.8 Å². The van der Waals surface area contributed by atoms with E-state index in [1.165, 1.54) is 19.3 Å². The van der Waals surface area contributed by atoms with Crippen molar-refractivity contribution in [3.63, 3.8) is 0 Å². The van der Waals surface area contributed by atoms with E-state index in [-0.39, 0.29) is 5.54 Å². The van der Waals surface area contributed by atoms with Crippen molar-refractivity contribution in [1.29, 1.82) is 0 Å². The molecule has 0 heterocycles. The largest absolute Gasteiger partial charge is 0.325 e. The summed E-state index contributed by atoms with van der Waals surface area (Å²) in [5, 5.41) is 0. The topological polar surface area (TPSA) is 26.0 Å². The minimum atomic E-state index is 0.109. The molecule has 1 saturated carbocycles. The van der Waals surface area contributed by atoms with E-state index in [1.807, 2.05) is 0 Å². The Kier molecular flexibility index (Phi) is 2.82. The molecule has 0 aliphatic heterocycles. The van der Waals surface area contributed by atoms with Crippen LogP contribution in [0.4, 0.5) is 0 Å². The highest BCUT2D eigenvalue weighted by Gasteiger charge is 2.39. The molecule has 0 bridgehead atoms.